The summed E-state index contributed by atoms with van der Waals surface area (Å²) in [6, 6.07) is 2.67. The van der Waals surface area contributed by atoms with Gasteiger partial charge in [-0.1, -0.05) is 23.2 Å². The van der Waals surface area contributed by atoms with E-state index in [1.54, 1.807) is 0 Å². The highest BCUT2D eigenvalue weighted by molar-refractivity contribution is 6.36. The molecule has 7 heteroatoms. The summed E-state index contributed by atoms with van der Waals surface area (Å²) < 4.78 is 43.5. The number of Topliss-reactive ketones (excluding diaryl/α,β-unsaturated/α-hetero) is 1. The maximum atomic E-state index is 12.9. The van der Waals surface area contributed by atoms with Gasteiger partial charge in [0.1, 0.15) is 5.75 Å². The minimum Gasteiger partial charge on any atom is -0.474 e. The maximum absolute atomic E-state index is 12.9. The second-order valence-electron chi connectivity index (χ2n) is 4.00. The van der Waals surface area contributed by atoms with Crippen LogP contribution in [0.25, 0.3) is 6.08 Å². The number of carbonyl (C=O) groups excluding carboxylic acids is 1. The first-order chi connectivity index (χ1) is 8.70. The molecule has 1 aliphatic heterocycles. The Hall–Kier alpha value is -1.20. The predicted molar refractivity (Wildman–Crippen MR) is 65.6 cm³/mol. The van der Waals surface area contributed by atoms with Gasteiger partial charge in [-0.05, 0) is 25.1 Å². The lowest BCUT2D eigenvalue weighted by Gasteiger charge is -2.28. The smallest absolute Gasteiger partial charge is 0.429 e. The zero-order valence-electron chi connectivity index (χ0n) is 9.52. The number of fused-ring (bicyclic) bond motifs is 1. The van der Waals surface area contributed by atoms with E-state index in [4.69, 9.17) is 27.9 Å². The van der Waals surface area contributed by atoms with Crippen molar-refractivity contribution in [3.63, 3.8) is 0 Å². The predicted octanol–water partition coefficient (Wildman–Crippen LogP) is 4.29. The fourth-order valence-corrected chi connectivity index (χ4v) is 2.32. The lowest BCUT2D eigenvalue weighted by molar-refractivity contribution is -0.184. The van der Waals surface area contributed by atoms with E-state index in [0.717, 1.165) is 13.0 Å². The second-order valence-corrected chi connectivity index (χ2v) is 4.84. The largest absolute Gasteiger partial charge is 0.474 e. The van der Waals surface area contributed by atoms with Crippen LogP contribution in [0.1, 0.15) is 12.5 Å². The van der Waals surface area contributed by atoms with Crippen molar-refractivity contribution in [3.05, 3.63) is 33.3 Å². The summed E-state index contributed by atoms with van der Waals surface area (Å²) in [5.74, 6) is -0.845. The SMILES string of the molecule is CC(=O)C1=Cc2cc(Cl)cc(Cl)c2O[C@@H]1C(F)(F)F. The van der Waals surface area contributed by atoms with Crippen LogP contribution < -0.4 is 4.74 Å². The molecule has 0 spiro atoms. The fourth-order valence-electron chi connectivity index (χ4n) is 1.77. The summed E-state index contributed by atoms with van der Waals surface area (Å²) in [5.41, 5.74) is -0.221. The number of ketones is 1. The topological polar surface area (TPSA) is 26.3 Å². The van der Waals surface area contributed by atoms with Crippen LogP contribution in [0.3, 0.4) is 0 Å². The Morgan fingerprint density at radius 2 is 1.95 bits per heavy atom. The van der Waals surface area contributed by atoms with Gasteiger partial charge in [0.15, 0.2) is 5.78 Å². The fraction of sp³-hybridized carbons (Fsp3) is 0.250. The van der Waals surface area contributed by atoms with Crippen LogP contribution in [0.15, 0.2) is 17.7 Å². The Bertz CT molecular complexity index is 579. The van der Waals surface area contributed by atoms with Crippen molar-refractivity contribution >= 4 is 35.1 Å². The molecule has 0 saturated heterocycles. The van der Waals surface area contributed by atoms with Gasteiger partial charge in [-0.15, -0.1) is 0 Å². The molecule has 102 valence electrons. The van der Waals surface area contributed by atoms with Crippen molar-refractivity contribution in [3.8, 4) is 5.75 Å². The Balaban J connectivity index is 2.61. The molecule has 2 rings (SSSR count). The van der Waals surface area contributed by atoms with Gasteiger partial charge in [0, 0.05) is 16.2 Å². The van der Waals surface area contributed by atoms with Crippen molar-refractivity contribution in [2.45, 2.75) is 19.2 Å². The first-order valence-electron chi connectivity index (χ1n) is 5.15. The highest BCUT2D eigenvalue weighted by atomic mass is 35.5. The molecule has 0 aliphatic carbocycles. The van der Waals surface area contributed by atoms with Crippen molar-refractivity contribution in [1.82, 2.24) is 0 Å². The third kappa shape index (κ3) is 2.72. The lowest BCUT2D eigenvalue weighted by atomic mass is 9.98. The Labute approximate surface area is 116 Å². The Kier molecular flexibility index (Phi) is 3.53. The maximum Gasteiger partial charge on any atom is 0.429 e. The summed E-state index contributed by atoms with van der Waals surface area (Å²) in [6.45, 7) is 1.05. The van der Waals surface area contributed by atoms with E-state index in [9.17, 15) is 18.0 Å². The number of rotatable bonds is 1. The molecule has 0 radical (unpaired) electrons. The van der Waals surface area contributed by atoms with Gasteiger partial charge in [0.25, 0.3) is 0 Å². The van der Waals surface area contributed by atoms with E-state index in [1.807, 2.05) is 0 Å². The van der Waals surface area contributed by atoms with Gasteiger partial charge in [0.05, 0.1) is 5.02 Å². The van der Waals surface area contributed by atoms with Crippen molar-refractivity contribution in [2.24, 2.45) is 0 Å². The molecule has 0 N–H and O–H groups in total. The first kappa shape index (κ1) is 14.2. The molecule has 1 aliphatic rings. The molecule has 1 atom stereocenters. The van der Waals surface area contributed by atoms with Gasteiger partial charge in [-0.2, -0.15) is 13.2 Å². The van der Waals surface area contributed by atoms with Crippen molar-refractivity contribution in [2.75, 3.05) is 0 Å². The summed E-state index contributed by atoms with van der Waals surface area (Å²) >= 11 is 11.6. The molecule has 1 aromatic carbocycles. The number of halogens is 5. The molecule has 1 heterocycles. The van der Waals surface area contributed by atoms with Crippen LogP contribution in [0, 0.1) is 0 Å². The van der Waals surface area contributed by atoms with Crippen LogP contribution in [-0.4, -0.2) is 18.1 Å². The van der Waals surface area contributed by atoms with Gasteiger partial charge < -0.3 is 4.74 Å². The zero-order chi connectivity index (χ0) is 14.4. The van der Waals surface area contributed by atoms with Crippen molar-refractivity contribution < 1.29 is 22.7 Å². The standard InChI is InChI=1S/C12H7Cl2F3O2/c1-5(18)8-3-6-2-7(13)4-9(14)10(6)19-11(8)12(15,16)17/h2-4,11H,1H3/t11-/m0/s1. The molecule has 0 unspecified atom stereocenters. The Morgan fingerprint density at radius 1 is 1.32 bits per heavy atom. The summed E-state index contributed by atoms with van der Waals surface area (Å²) in [6.07, 6.45) is -5.90. The number of ether oxygens (including phenoxy) is 1. The molecule has 19 heavy (non-hydrogen) atoms. The molecular formula is C12H7Cl2F3O2. The first-order valence-corrected chi connectivity index (χ1v) is 5.90. The average molecular weight is 311 g/mol. The summed E-state index contributed by atoms with van der Waals surface area (Å²) in [4.78, 5) is 11.3. The van der Waals surface area contributed by atoms with Crippen LogP contribution in [0.4, 0.5) is 13.2 Å². The van der Waals surface area contributed by atoms with Gasteiger partial charge in [0.2, 0.25) is 6.10 Å². The molecule has 1 aromatic rings. The zero-order valence-corrected chi connectivity index (χ0v) is 11.0. The lowest BCUT2D eigenvalue weighted by Crippen LogP contribution is -2.39. The van der Waals surface area contributed by atoms with E-state index >= 15 is 0 Å². The van der Waals surface area contributed by atoms with E-state index in [2.05, 4.69) is 0 Å². The van der Waals surface area contributed by atoms with Crippen molar-refractivity contribution in [1.29, 1.82) is 0 Å². The number of hydrogen-bond acceptors (Lipinski definition) is 2. The normalized spacial score (nSPS) is 18.4. The Morgan fingerprint density at radius 3 is 2.47 bits per heavy atom. The number of hydrogen-bond donors (Lipinski definition) is 0. The number of carbonyl (C=O) groups is 1. The third-order valence-corrected chi connectivity index (χ3v) is 3.07. The van der Waals surface area contributed by atoms with Crippen LogP contribution >= 0.6 is 23.2 Å². The van der Waals surface area contributed by atoms with Gasteiger partial charge in [-0.3, -0.25) is 4.79 Å². The number of benzene rings is 1. The molecule has 0 aromatic heterocycles. The van der Waals surface area contributed by atoms with Crippen LogP contribution in [0.2, 0.25) is 10.0 Å². The van der Waals surface area contributed by atoms with Gasteiger partial charge in [-0.25, -0.2) is 0 Å². The molecule has 0 fully saturated rings. The minimum absolute atomic E-state index is 0.0318. The molecule has 0 saturated carbocycles. The summed E-state index contributed by atoms with van der Waals surface area (Å²) in [7, 11) is 0. The monoisotopic (exact) mass is 310 g/mol. The minimum atomic E-state index is -4.70. The highest BCUT2D eigenvalue weighted by Crippen LogP contribution is 2.42. The van der Waals surface area contributed by atoms with Crippen LogP contribution in [0.5, 0.6) is 5.75 Å². The quantitative estimate of drug-likeness (QED) is 0.773. The van der Waals surface area contributed by atoms with E-state index in [-0.39, 0.29) is 21.4 Å². The number of alkyl halides is 3. The van der Waals surface area contributed by atoms with E-state index < -0.39 is 23.6 Å². The summed E-state index contributed by atoms with van der Waals surface area (Å²) in [5, 5.41) is 0.215. The average Bonchev–Trinajstić information content (AvgIpc) is 2.25. The highest BCUT2D eigenvalue weighted by Gasteiger charge is 2.47. The molecule has 0 amide bonds. The van der Waals surface area contributed by atoms with E-state index in [1.165, 1.54) is 12.1 Å². The second kappa shape index (κ2) is 4.72. The van der Waals surface area contributed by atoms with Gasteiger partial charge >= 0.3 is 6.18 Å². The third-order valence-electron chi connectivity index (χ3n) is 2.57. The van der Waals surface area contributed by atoms with E-state index in [0.29, 0.717) is 0 Å². The van der Waals surface area contributed by atoms with Crippen LogP contribution in [-0.2, 0) is 4.79 Å². The molecular weight excluding hydrogens is 304 g/mol. The molecule has 2 nitrogen and oxygen atoms in total. The molecule has 0 bridgehead atoms.